The van der Waals surface area contributed by atoms with Gasteiger partial charge in [0.05, 0.1) is 18.2 Å². The molecule has 3 aromatic carbocycles. The molecule has 1 atom stereocenters. The predicted molar refractivity (Wildman–Crippen MR) is 163 cm³/mol. The second-order valence-corrected chi connectivity index (χ2v) is 12.0. The van der Waals surface area contributed by atoms with Crippen LogP contribution in [0.25, 0.3) is 5.76 Å². The topological polar surface area (TPSA) is 92.6 Å². The van der Waals surface area contributed by atoms with Crippen LogP contribution in [-0.2, 0) is 15.3 Å². The van der Waals surface area contributed by atoms with E-state index in [4.69, 9.17) is 4.74 Å². The molecule has 1 saturated heterocycles. The maximum absolute atomic E-state index is 13.5. The number of hydrogen-bond donors (Lipinski definition) is 1. The molecule has 0 bridgehead atoms. The third-order valence-corrected chi connectivity index (χ3v) is 8.89. The van der Waals surface area contributed by atoms with Crippen molar-refractivity contribution >= 4 is 45.7 Å². The van der Waals surface area contributed by atoms with E-state index in [0.29, 0.717) is 38.7 Å². The van der Waals surface area contributed by atoms with E-state index in [0.717, 1.165) is 24.8 Å². The first-order valence-electron chi connectivity index (χ1n) is 13.6. The minimum Gasteiger partial charge on any atom is -0.507 e. The summed E-state index contributed by atoms with van der Waals surface area (Å²) in [6.45, 7) is 4.75. The van der Waals surface area contributed by atoms with E-state index in [1.807, 2.05) is 37.3 Å². The number of rotatable bonds is 11. The van der Waals surface area contributed by atoms with Crippen molar-refractivity contribution < 1.29 is 19.4 Å². The van der Waals surface area contributed by atoms with Gasteiger partial charge < -0.3 is 9.84 Å². The highest BCUT2D eigenvalue weighted by atomic mass is 32.2. The fourth-order valence-corrected chi connectivity index (χ4v) is 6.42. The number of aliphatic hydroxyl groups excluding tert-OH is 1. The molecule has 1 unspecified atom stereocenters. The summed E-state index contributed by atoms with van der Waals surface area (Å²) in [5.41, 5.74) is 3.44. The Morgan fingerprint density at radius 3 is 2.54 bits per heavy atom. The fraction of sp³-hybridized carbons (Fsp3) is 0.250. The van der Waals surface area contributed by atoms with Crippen LogP contribution in [0.2, 0.25) is 0 Å². The van der Waals surface area contributed by atoms with Crippen molar-refractivity contribution in [2.75, 3.05) is 11.5 Å². The van der Waals surface area contributed by atoms with Gasteiger partial charge >= 0.3 is 5.91 Å². The smallest absolute Gasteiger partial charge is 0.301 e. The zero-order chi connectivity index (χ0) is 28.8. The van der Waals surface area contributed by atoms with Crippen LogP contribution in [0.4, 0.5) is 5.13 Å². The molecule has 41 heavy (non-hydrogen) atoms. The molecular weight excluding hydrogens is 555 g/mol. The normalized spacial score (nSPS) is 16.3. The van der Waals surface area contributed by atoms with Crippen LogP contribution in [0.5, 0.6) is 5.75 Å². The van der Waals surface area contributed by atoms with E-state index >= 15 is 0 Å². The third kappa shape index (κ3) is 6.52. The van der Waals surface area contributed by atoms with Gasteiger partial charge in [-0.1, -0.05) is 115 Å². The van der Waals surface area contributed by atoms with Crippen molar-refractivity contribution in [1.82, 2.24) is 10.2 Å². The zero-order valence-corrected chi connectivity index (χ0v) is 24.6. The monoisotopic (exact) mass is 585 g/mol. The van der Waals surface area contributed by atoms with Crippen molar-refractivity contribution in [3.63, 3.8) is 0 Å². The summed E-state index contributed by atoms with van der Waals surface area (Å²) in [7, 11) is 0. The average Bonchev–Trinajstić information content (AvgIpc) is 3.57. The molecule has 5 rings (SSSR count). The SMILES string of the molecule is CCCCCOc1cccc(C2C(=C(O)c3ccccc3)C(=O)C(=O)N2c2nnc(SCc3ccc(C)cc3)s2)c1. The minimum atomic E-state index is -0.891. The quantitative estimate of drug-likeness (QED) is 0.0492. The van der Waals surface area contributed by atoms with Crippen LogP contribution in [0.1, 0.15) is 54.5 Å². The van der Waals surface area contributed by atoms with Gasteiger partial charge in [0.15, 0.2) is 4.34 Å². The van der Waals surface area contributed by atoms with Crippen LogP contribution in [0.3, 0.4) is 0 Å². The number of thioether (sulfide) groups is 1. The molecule has 0 saturated carbocycles. The Labute approximate surface area is 247 Å². The van der Waals surface area contributed by atoms with Crippen LogP contribution in [-0.4, -0.2) is 33.6 Å². The number of aromatic nitrogens is 2. The van der Waals surface area contributed by atoms with Crippen LogP contribution >= 0.6 is 23.1 Å². The fourth-order valence-electron chi connectivity index (χ4n) is 4.60. The van der Waals surface area contributed by atoms with Gasteiger partial charge in [0.2, 0.25) is 5.13 Å². The molecule has 4 aromatic rings. The summed E-state index contributed by atoms with van der Waals surface area (Å²) in [4.78, 5) is 28.3. The number of hydrogen-bond acceptors (Lipinski definition) is 8. The van der Waals surface area contributed by atoms with E-state index in [1.54, 1.807) is 24.3 Å². The highest BCUT2D eigenvalue weighted by Gasteiger charge is 2.48. The number of unbranched alkanes of at least 4 members (excludes halogenated alkanes) is 2. The lowest BCUT2D eigenvalue weighted by Crippen LogP contribution is -2.29. The van der Waals surface area contributed by atoms with Gasteiger partial charge in [-0.05, 0) is 36.6 Å². The summed E-state index contributed by atoms with van der Waals surface area (Å²) in [6, 6.07) is 23.5. The Hall–Kier alpha value is -3.95. The number of amides is 1. The van der Waals surface area contributed by atoms with Gasteiger partial charge in [0, 0.05) is 11.3 Å². The van der Waals surface area contributed by atoms with Crippen molar-refractivity contribution in [2.24, 2.45) is 0 Å². The van der Waals surface area contributed by atoms with Gasteiger partial charge in [-0.25, -0.2) is 0 Å². The highest BCUT2D eigenvalue weighted by Crippen LogP contribution is 2.44. The van der Waals surface area contributed by atoms with E-state index < -0.39 is 17.7 Å². The summed E-state index contributed by atoms with van der Waals surface area (Å²) < 4.78 is 6.65. The number of ketones is 1. The van der Waals surface area contributed by atoms with Gasteiger partial charge in [-0.3, -0.25) is 14.5 Å². The Bertz CT molecular complexity index is 1550. The molecule has 210 valence electrons. The van der Waals surface area contributed by atoms with Crippen molar-refractivity contribution in [2.45, 2.75) is 49.2 Å². The number of carbonyl (C=O) groups is 2. The Kier molecular flexibility index (Phi) is 9.16. The van der Waals surface area contributed by atoms with E-state index in [9.17, 15) is 14.7 Å². The van der Waals surface area contributed by atoms with Gasteiger partial charge in [0.1, 0.15) is 11.5 Å². The first kappa shape index (κ1) is 28.6. The molecule has 1 fully saturated rings. The molecule has 1 aromatic heterocycles. The molecule has 1 N–H and O–H groups in total. The average molecular weight is 586 g/mol. The maximum Gasteiger partial charge on any atom is 0.301 e. The molecule has 0 radical (unpaired) electrons. The number of aliphatic hydroxyl groups is 1. The number of nitrogens with zero attached hydrogens (tertiary/aromatic N) is 3. The highest BCUT2D eigenvalue weighted by molar-refractivity contribution is 8.00. The van der Waals surface area contributed by atoms with Gasteiger partial charge in [-0.2, -0.15) is 0 Å². The number of aryl methyl sites for hydroxylation is 1. The standard InChI is InChI=1S/C32H31N3O4S2/c1-3-4-8-18-39-25-13-9-12-24(19-25)27-26(28(36)23-10-6-5-7-11-23)29(37)30(38)35(27)31-33-34-32(41-31)40-20-22-16-14-21(2)15-17-22/h5-7,9-17,19,27,36H,3-4,8,18,20H2,1-2H3. The molecule has 9 heteroatoms. The molecule has 0 aliphatic carbocycles. The van der Waals surface area contributed by atoms with Crippen LogP contribution < -0.4 is 9.64 Å². The number of Topliss-reactive ketones (excluding diaryl/α,β-unsaturated/α-hetero) is 1. The van der Waals surface area contributed by atoms with E-state index in [2.05, 4.69) is 41.4 Å². The molecule has 1 amide bonds. The van der Waals surface area contributed by atoms with Crippen molar-refractivity contribution in [3.8, 4) is 5.75 Å². The number of ether oxygens (including phenoxy) is 1. The van der Waals surface area contributed by atoms with Crippen LogP contribution in [0, 0.1) is 6.92 Å². The Morgan fingerprint density at radius 1 is 1.00 bits per heavy atom. The lowest BCUT2D eigenvalue weighted by Gasteiger charge is -2.23. The molecule has 7 nitrogen and oxygen atoms in total. The predicted octanol–water partition coefficient (Wildman–Crippen LogP) is 7.33. The molecular formula is C32H31N3O4S2. The summed E-state index contributed by atoms with van der Waals surface area (Å²) >= 11 is 2.77. The number of anilines is 1. The number of benzene rings is 3. The Morgan fingerprint density at radius 2 is 1.78 bits per heavy atom. The van der Waals surface area contributed by atoms with Crippen molar-refractivity contribution in [1.29, 1.82) is 0 Å². The first-order chi connectivity index (χ1) is 20.0. The molecule has 1 aliphatic heterocycles. The first-order valence-corrected chi connectivity index (χ1v) is 15.4. The van der Waals surface area contributed by atoms with Crippen LogP contribution in [0.15, 0.2) is 88.8 Å². The summed E-state index contributed by atoms with van der Waals surface area (Å²) in [5.74, 6) is -0.426. The summed E-state index contributed by atoms with van der Waals surface area (Å²) in [6.07, 6.45) is 3.09. The Balaban J connectivity index is 1.50. The van der Waals surface area contributed by atoms with E-state index in [-0.39, 0.29) is 11.3 Å². The maximum atomic E-state index is 13.5. The third-order valence-electron chi connectivity index (χ3n) is 6.77. The zero-order valence-electron chi connectivity index (χ0n) is 22.9. The summed E-state index contributed by atoms with van der Waals surface area (Å²) in [5, 5.41) is 20.2. The molecule has 0 spiro atoms. The van der Waals surface area contributed by atoms with Gasteiger partial charge in [0.25, 0.3) is 5.78 Å². The second-order valence-electron chi connectivity index (χ2n) is 9.79. The lowest BCUT2D eigenvalue weighted by molar-refractivity contribution is -0.132. The molecule has 1 aliphatic rings. The number of carbonyl (C=O) groups excluding carboxylic acids is 2. The second kappa shape index (κ2) is 13.1. The minimum absolute atomic E-state index is 0.00777. The lowest BCUT2D eigenvalue weighted by atomic mass is 9.95. The van der Waals surface area contributed by atoms with Gasteiger partial charge in [-0.15, -0.1) is 10.2 Å². The van der Waals surface area contributed by atoms with Crippen molar-refractivity contribution in [3.05, 3.63) is 107 Å². The van der Waals surface area contributed by atoms with E-state index in [1.165, 1.54) is 33.6 Å². The largest absolute Gasteiger partial charge is 0.507 e. The molecule has 2 heterocycles.